The van der Waals surface area contributed by atoms with Crippen molar-refractivity contribution in [2.75, 3.05) is 11.3 Å². The number of ether oxygens (including phenoxy) is 1. The average Bonchev–Trinajstić information content (AvgIpc) is 2.60. The van der Waals surface area contributed by atoms with Crippen molar-refractivity contribution in [2.24, 2.45) is 0 Å². The van der Waals surface area contributed by atoms with Crippen LogP contribution in [-0.2, 0) is 19.6 Å². The van der Waals surface area contributed by atoms with Gasteiger partial charge in [0.05, 0.1) is 27.8 Å². The molecule has 8 heteroatoms. The Balaban J connectivity index is 2.91. The standard InChI is InChI=1S/C15H17ClFNO4S/c1-2-22-15(19)11-5-3-4-6-14(11)23(20,21)18-13-8-7-10(17)9-12(13)16/h7-9,18H,2-6H2,1H3/i3D2,4D2,5D2,6D2. The molecular weight excluding hydrogens is 345 g/mol. The number of carbonyl (C=O) groups excluding carboxylic acids is 1. The van der Waals surface area contributed by atoms with Crippen LogP contribution in [0.5, 0.6) is 0 Å². The number of anilines is 1. The second-order valence-electron chi connectivity index (χ2n) is 4.15. The molecule has 0 amide bonds. The molecule has 0 bridgehead atoms. The summed E-state index contributed by atoms with van der Waals surface area (Å²) >= 11 is 5.78. The molecule has 5 nitrogen and oxygen atoms in total. The Bertz CT molecular complexity index is 1060. The molecule has 0 atom stereocenters. The second-order valence-corrected chi connectivity index (χ2v) is 6.18. The zero-order chi connectivity index (χ0) is 24.2. The van der Waals surface area contributed by atoms with Gasteiger partial charge in [0, 0.05) is 11.0 Å². The topological polar surface area (TPSA) is 72.5 Å². The van der Waals surface area contributed by atoms with Crippen molar-refractivity contribution in [2.45, 2.75) is 32.4 Å². The maximum atomic E-state index is 13.3. The summed E-state index contributed by atoms with van der Waals surface area (Å²) < 4.78 is 110. The van der Waals surface area contributed by atoms with E-state index in [0.29, 0.717) is 0 Å². The Hall–Kier alpha value is -1.60. The zero-order valence-corrected chi connectivity index (χ0v) is 13.3. The van der Waals surface area contributed by atoms with E-state index in [2.05, 4.69) is 4.74 Å². The molecular formula is C15H17ClFNO4S. The molecule has 23 heavy (non-hydrogen) atoms. The third kappa shape index (κ3) is 4.23. The van der Waals surface area contributed by atoms with Gasteiger partial charge in [-0.3, -0.25) is 4.72 Å². The van der Waals surface area contributed by atoms with Gasteiger partial charge in [-0.2, -0.15) is 0 Å². The Morgan fingerprint density at radius 2 is 2.13 bits per heavy atom. The molecule has 1 aromatic carbocycles. The summed E-state index contributed by atoms with van der Waals surface area (Å²) in [5.74, 6) is -2.51. The van der Waals surface area contributed by atoms with E-state index in [1.165, 1.54) is 6.92 Å². The number of hydrogen-bond donors (Lipinski definition) is 1. The van der Waals surface area contributed by atoms with Gasteiger partial charge in [-0.15, -0.1) is 0 Å². The summed E-state index contributed by atoms with van der Waals surface area (Å²) in [5.41, 5.74) is -2.01. The Morgan fingerprint density at radius 1 is 1.43 bits per heavy atom. The van der Waals surface area contributed by atoms with Crippen molar-refractivity contribution >= 4 is 33.3 Å². The van der Waals surface area contributed by atoms with Gasteiger partial charge in [0.2, 0.25) is 0 Å². The number of benzene rings is 1. The predicted octanol–water partition coefficient (Wildman–Crippen LogP) is 3.61. The molecule has 0 saturated heterocycles. The van der Waals surface area contributed by atoms with Gasteiger partial charge in [0.25, 0.3) is 10.0 Å². The van der Waals surface area contributed by atoms with Crippen molar-refractivity contribution in [1.29, 1.82) is 0 Å². The van der Waals surface area contributed by atoms with Gasteiger partial charge in [0.15, 0.2) is 0 Å². The van der Waals surface area contributed by atoms with Gasteiger partial charge < -0.3 is 4.74 Å². The molecule has 1 N–H and O–H groups in total. The lowest BCUT2D eigenvalue weighted by molar-refractivity contribution is -0.138. The molecule has 0 heterocycles. The van der Waals surface area contributed by atoms with E-state index in [4.69, 9.17) is 22.6 Å². The first-order chi connectivity index (χ1) is 13.9. The molecule has 1 aromatic rings. The normalized spacial score (nSPS) is 29.3. The van der Waals surface area contributed by atoms with Crippen molar-refractivity contribution < 1.29 is 33.3 Å². The first-order valence-corrected chi connectivity index (χ1v) is 8.12. The largest absolute Gasteiger partial charge is 0.463 e. The Morgan fingerprint density at radius 3 is 2.78 bits per heavy atom. The average molecular weight is 370 g/mol. The van der Waals surface area contributed by atoms with E-state index in [9.17, 15) is 17.6 Å². The van der Waals surface area contributed by atoms with Crippen LogP contribution >= 0.6 is 11.6 Å². The molecule has 0 aliphatic heterocycles. The maximum Gasteiger partial charge on any atom is 0.335 e. The Labute approximate surface area is 150 Å². The fraction of sp³-hybridized carbons (Fsp3) is 0.400. The Kier molecular flexibility index (Phi) is 3.06. The predicted molar refractivity (Wildman–Crippen MR) is 86.1 cm³/mol. The van der Waals surface area contributed by atoms with Crippen molar-refractivity contribution in [3.8, 4) is 0 Å². The molecule has 1 aliphatic rings. The highest BCUT2D eigenvalue weighted by Gasteiger charge is 2.29. The highest BCUT2D eigenvalue weighted by atomic mass is 35.5. The highest BCUT2D eigenvalue weighted by Crippen LogP contribution is 2.32. The third-order valence-corrected chi connectivity index (χ3v) is 4.22. The number of allylic oxidation sites excluding steroid dienone is 1. The molecule has 0 aromatic heterocycles. The molecule has 126 valence electrons. The summed E-state index contributed by atoms with van der Waals surface area (Å²) in [6.45, 7) is 0.909. The number of carbonyl (C=O) groups is 1. The first kappa shape index (κ1) is 9.64. The second kappa shape index (κ2) is 7.31. The molecule has 0 fully saturated rings. The van der Waals surface area contributed by atoms with Crippen molar-refractivity contribution in [1.82, 2.24) is 0 Å². The highest BCUT2D eigenvalue weighted by molar-refractivity contribution is 7.96. The van der Waals surface area contributed by atoms with Gasteiger partial charge in [0.1, 0.15) is 5.82 Å². The minimum atomic E-state index is -5.28. The smallest absolute Gasteiger partial charge is 0.335 e. The molecule has 0 spiro atoms. The van der Waals surface area contributed by atoms with Gasteiger partial charge in [-0.25, -0.2) is 17.6 Å². The van der Waals surface area contributed by atoms with Crippen LogP contribution in [0.15, 0.2) is 28.7 Å². The van der Waals surface area contributed by atoms with Crippen LogP contribution in [0.3, 0.4) is 0 Å². The van der Waals surface area contributed by atoms with Crippen LogP contribution in [0.4, 0.5) is 10.1 Å². The summed E-state index contributed by atoms with van der Waals surface area (Å²) in [7, 11) is -5.28. The van der Waals surface area contributed by atoms with Crippen LogP contribution in [0.2, 0.25) is 5.02 Å². The molecule has 0 unspecified atom stereocenters. The molecule has 0 saturated carbocycles. The van der Waals surface area contributed by atoms with Crippen molar-refractivity contribution in [3.63, 3.8) is 0 Å². The number of rotatable bonds is 5. The summed E-state index contributed by atoms with van der Waals surface area (Å²) in [5, 5.41) is -0.459. The lowest BCUT2D eigenvalue weighted by Crippen LogP contribution is -2.22. The molecule has 1 aliphatic carbocycles. The van der Waals surface area contributed by atoms with E-state index in [0.717, 1.165) is 18.2 Å². The third-order valence-electron chi connectivity index (χ3n) is 2.58. The van der Waals surface area contributed by atoms with Crippen LogP contribution in [-0.4, -0.2) is 21.0 Å². The molecule has 0 radical (unpaired) electrons. The molecule has 2 rings (SSSR count). The van der Waals surface area contributed by atoms with E-state index < -0.39 is 68.5 Å². The zero-order valence-electron chi connectivity index (χ0n) is 19.7. The SMILES string of the molecule is [2H]C1([2H])C(C(=O)OCC)=C(S(=O)(=O)Nc2ccc(F)cc2Cl)C([2H])([2H])C([2H])([2H])C1([2H])[2H]. The van der Waals surface area contributed by atoms with Gasteiger partial charge >= 0.3 is 5.97 Å². The summed E-state index contributed by atoms with van der Waals surface area (Å²) in [6, 6.07) is 2.42. The van der Waals surface area contributed by atoms with E-state index in [1.54, 1.807) is 4.72 Å². The number of esters is 1. The van der Waals surface area contributed by atoms with Crippen LogP contribution in [0.25, 0.3) is 0 Å². The monoisotopic (exact) mass is 369 g/mol. The number of nitrogens with one attached hydrogen (secondary N) is 1. The summed E-state index contributed by atoms with van der Waals surface area (Å²) in [4.78, 5) is 10.8. The minimum Gasteiger partial charge on any atom is -0.463 e. The van der Waals surface area contributed by atoms with E-state index in [1.807, 2.05) is 0 Å². The number of sulfonamides is 1. The van der Waals surface area contributed by atoms with Crippen LogP contribution < -0.4 is 4.72 Å². The van der Waals surface area contributed by atoms with Gasteiger partial charge in [-0.1, -0.05) is 11.6 Å². The van der Waals surface area contributed by atoms with E-state index >= 15 is 0 Å². The fourth-order valence-electron chi connectivity index (χ4n) is 1.62. The van der Waals surface area contributed by atoms with Crippen molar-refractivity contribution in [3.05, 3.63) is 39.5 Å². The minimum absolute atomic E-state index is 0.387. The van der Waals surface area contributed by atoms with Crippen LogP contribution in [0.1, 0.15) is 43.4 Å². The lowest BCUT2D eigenvalue weighted by Gasteiger charge is -2.20. The van der Waals surface area contributed by atoms with E-state index in [-0.39, 0.29) is 6.61 Å². The lowest BCUT2D eigenvalue weighted by atomic mass is 9.99. The van der Waals surface area contributed by atoms with Crippen LogP contribution in [0, 0.1) is 5.82 Å². The summed E-state index contributed by atoms with van der Waals surface area (Å²) in [6.07, 6.45) is -14.8. The fourth-order valence-corrected chi connectivity index (χ4v) is 3.05. The first-order valence-electron chi connectivity index (χ1n) is 10.3. The number of halogens is 2. The number of hydrogen-bond acceptors (Lipinski definition) is 4. The quantitative estimate of drug-likeness (QED) is 0.804. The maximum absolute atomic E-state index is 13.3. The van der Waals surface area contributed by atoms with Gasteiger partial charge in [-0.05, 0) is 50.6 Å².